The molecule has 0 fully saturated rings. The summed E-state index contributed by atoms with van der Waals surface area (Å²) in [6.45, 7) is 5.85. The van der Waals surface area contributed by atoms with Crippen molar-refractivity contribution < 1.29 is 24.0 Å². The molecular formula is C28H30N4O6S. The van der Waals surface area contributed by atoms with Crippen molar-refractivity contribution in [1.29, 1.82) is 0 Å². The fraction of sp³-hybridized carbons (Fsp3) is 0.357. The number of benzene rings is 2. The van der Waals surface area contributed by atoms with Gasteiger partial charge >= 0.3 is 12.0 Å². The Kier molecular flexibility index (Phi) is 8.82. The monoisotopic (exact) mass is 550 g/mol. The van der Waals surface area contributed by atoms with Gasteiger partial charge in [0.25, 0.3) is 5.69 Å². The maximum absolute atomic E-state index is 13.1. The molecule has 11 heteroatoms. The lowest BCUT2D eigenvalue weighted by atomic mass is 9.86. The number of nitrogens with zero attached hydrogens (tertiary/aromatic N) is 3. The Morgan fingerprint density at radius 2 is 1.95 bits per heavy atom. The minimum absolute atomic E-state index is 0.0172. The highest BCUT2D eigenvalue weighted by atomic mass is 32.1. The predicted molar refractivity (Wildman–Crippen MR) is 149 cm³/mol. The Balaban J connectivity index is 1.47. The molecule has 0 spiro atoms. The average molecular weight is 551 g/mol. The molecule has 4 rings (SSSR count). The van der Waals surface area contributed by atoms with E-state index in [-0.39, 0.29) is 30.7 Å². The second kappa shape index (κ2) is 12.3. The van der Waals surface area contributed by atoms with E-state index in [9.17, 15) is 24.5 Å². The zero-order valence-corrected chi connectivity index (χ0v) is 22.8. The molecule has 2 heterocycles. The molecule has 2 aromatic carbocycles. The van der Waals surface area contributed by atoms with Gasteiger partial charge in [-0.3, -0.25) is 19.7 Å². The van der Waals surface area contributed by atoms with E-state index in [4.69, 9.17) is 4.74 Å². The molecule has 2 atom stereocenters. The van der Waals surface area contributed by atoms with E-state index in [1.165, 1.54) is 34.4 Å². The summed E-state index contributed by atoms with van der Waals surface area (Å²) in [4.78, 5) is 55.9. The van der Waals surface area contributed by atoms with Crippen LogP contribution in [-0.4, -0.2) is 59.1 Å². The van der Waals surface area contributed by atoms with Gasteiger partial charge < -0.3 is 15.0 Å². The first-order valence-electron chi connectivity index (χ1n) is 12.7. The van der Waals surface area contributed by atoms with Crippen LogP contribution in [-0.2, 0) is 9.53 Å². The van der Waals surface area contributed by atoms with Gasteiger partial charge in [-0.25, -0.2) is 9.79 Å². The van der Waals surface area contributed by atoms with E-state index in [1.54, 1.807) is 26.8 Å². The lowest BCUT2D eigenvalue weighted by molar-refractivity contribution is -0.385. The zero-order valence-electron chi connectivity index (χ0n) is 22.0. The summed E-state index contributed by atoms with van der Waals surface area (Å²) in [5.41, 5.74) is 0.605. The Hall–Kier alpha value is -3.96. The van der Waals surface area contributed by atoms with E-state index in [0.717, 1.165) is 10.1 Å². The fourth-order valence-corrected chi connectivity index (χ4v) is 5.63. The number of amides is 2. The van der Waals surface area contributed by atoms with Crippen molar-refractivity contribution in [2.75, 3.05) is 19.6 Å². The summed E-state index contributed by atoms with van der Waals surface area (Å²) in [6, 6.07) is 14.3. The highest BCUT2D eigenvalue weighted by Gasteiger charge is 2.43. The van der Waals surface area contributed by atoms with Crippen LogP contribution in [0.3, 0.4) is 0 Å². The highest BCUT2D eigenvalue weighted by molar-refractivity contribution is 7.20. The number of nitrogens with one attached hydrogen (secondary N) is 1. The molecule has 1 aliphatic rings. The number of rotatable bonds is 11. The van der Waals surface area contributed by atoms with Crippen molar-refractivity contribution in [3.63, 3.8) is 0 Å². The minimum atomic E-state index is -0.908. The number of carbonyl (C=O) groups is 3. The molecule has 1 aliphatic heterocycles. The standard InChI is InChI=1S/C28H30N4O6S/c1-17(2)38-27(34)25-18(3)30-28(35)31(26(25)20-9-6-10-21(14-20)32(36)37)13-7-12-29-16-22(33)24-15-19-8-4-5-11-23(19)39-24/h4-6,8-11,14-15,17,25-26,29H,7,12-13,16H2,1-3H3. The summed E-state index contributed by atoms with van der Waals surface area (Å²) in [6.07, 6.45) is 0.0852. The highest BCUT2D eigenvalue weighted by Crippen LogP contribution is 2.36. The SMILES string of the molecule is CC1=NC(=O)N(CCCNCC(=O)c2cc3ccccc3s2)C(c2cccc([N+](=O)[O-])c2)C1C(=O)OC(C)C. The van der Waals surface area contributed by atoms with Crippen molar-refractivity contribution >= 4 is 50.6 Å². The number of nitro groups is 1. The summed E-state index contributed by atoms with van der Waals surface area (Å²) in [5.74, 6) is -1.47. The minimum Gasteiger partial charge on any atom is -0.462 e. The number of non-ortho nitro benzene ring substituents is 1. The van der Waals surface area contributed by atoms with Crippen molar-refractivity contribution in [2.24, 2.45) is 10.9 Å². The molecule has 0 saturated carbocycles. The van der Waals surface area contributed by atoms with Crippen molar-refractivity contribution in [1.82, 2.24) is 10.2 Å². The Morgan fingerprint density at radius 3 is 2.67 bits per heavy atom. The van der Waals surface area contributed by atoms with Crippen molar-refractivity contribution in [2.45, 2.75) is 39.3 Å². The number of nitro benzene ring substituents is 1. The van der Waals surface area contributed by atoms with Gasteiger partial charge in [0.05, 0.1) is 28.5 Å². The Morgan fingerprint density at radius 1 is 1.18 bits per heavy atom. The van der Waals surface area contributed by atoms with Gasteiger partial charge in [0.15, 0.2) is 5.78 Å². The molecule has 2 unspecified atom stereocenters. The first-order chi connectivity index (χ1) is 18.7. The molecule has 0 saturated heterocycles. The quantitative estimate of drug-likeness (QED) is 0.114. The second-order valence-corrected chi connectivity index (χ2v) is 10.7. The molecule has 10 nitrogen and oxygen atoms in total. The van der Waals surface area contributed by atoms with Crippen LogP contribution >= 0.6 is 11.3 Å². The number of hydrogen-bond acceptors (Lipinski definition) is 8. The molecule has 0 bridgehead atoms. The van der Waals surface area contributed by atoms with Crippen LogP contribution in [0.25, 0.3) is 10.1 Å². The first kappa shape index (κ1) is 28.1. The smallest absolute Gasteiger partial charge is 0.344 e. The summed E-state index contributed by atoms with van der Waals surface area (Å²) < 4.78 is 6.52. The number of urea groups is 1. The lowest BCUT2D eigenvalue weighted by Crippen LogP contribution is -2.48. The maximum Gasteiger partial charge on any atom is 0.344 e. The number of carbonyl (C=O) groups excluding carboxylic acids is 3. The van der Waals surface area contributed by atoms with E-state index >= 15 is 0 Å². The van der Waals surface area contributed by atoms with Crippen LogP contribution < -0.4 is 5.32 Å². The first-order valence-corrected chi connectivity index (χ1v) is 13.5. The largest absolute Gasteiger partial charge is 0.462 e. The second-order valence-electron chi connectivity index (χ2n) is 9.59. The molecule has 1 aromatic heterocycles. The number of ketones is 1. The van der Waals surface area contributed by atoms with Gasteiger partial charge in [0, 0.05) is 29.1 Å². The number of fused-ring (bicyclic) bond motifs is 1. The number of thiophene rings is 1. The number of ether oxygens (including phenoxy) is 1. The zero-order chi connectivity index (χ0) is 28.1. The molecular weight excluding hydrogens is 520 g/mol. The van der Waals surface area contributed by atoms with Gasteiger partial charge in [-0.1, -0.05) is 30.3 Å². The Bertz CT molecular complexity index is 1400. The van der Waals surface area contributed by atoms with Gasteiger partial charge in [0.2, 0.25) is 0 Å². The molecule has 39 heavy (non-hydrogen) atoms. The van der Waals surface area contributed by atoms with E-state index in [1.807, 2.05) is 30.3 Å². The summed E-state index contributed by atoms with van der Waals surface area (Å²) >= 11 is 1.45. The van der Waals surface area contributed by atoms with Gasteiger partial charge in [-0.15, -0.1) is 11.3 Å². The van der Waals surface area contributed by atoms with Crippen molar-refractivity contribution in [3.8, 4) is 0 Å². The normalized spacial score (nSPS) is 17.4. The third kappa shape index (κ3) is 6.55. The third-order valence-electron chi connectivity index (χ3n) is 6.39. The van der Waals surface area contributed by atoms with Crippen LogP contribution in [0.4, 0.5) is 10.5 Å². The van der Waals surface area contributed by atoms with Crippen LogP contribution in [0.5, 0.6) is 0 Å². The summed E-state index contributed by atoms with van der Waals surface area (Å²) in [5, 5.41) is 15.6. The van der Waals surface area contributed by atoms with Crippen LogP contribution in [0.15, 0.2) is 59.6 Å². The number of hydrogen-bond donors (Lipinski definition) is 1. The molecule has 0 radical (unpaired) electrons. The van der Waals surface area contributed by atoms with E-state index < -0.39 is 28.9 Å². The van der Waals surface area contributed by atoms with Gasteiger partial charge in [0.1, 0.15) is 5.92 Å². The summed E-state index contributed by atoms with van der Waals surface area (Å²) in [7, 11) is 0. The molecule has 1 N–H and O–H groups in total. The molecule has 0 aliphatic carbocycles. The third-order valence-corrected chi connectivity index (χ3v) is 7.54. The van der Waals surface area contributed by atoms with Crippen molar-refractivity contribution in [3.05, 3.63) is 75.2 Å². The number of esters is 1. The van der Waals surface area contributed by atoms with Gasteiger partial charge in [-0.05, 0) is 56.8 Å². The van der Waals surface area contributed by atoms with E-state index in [0.29, 0.717) is 29.1 Å². The fourth-order valence-electron chi connectivity index (χ4n) is 4.63. The van der Waals surface area contributed by atoms with Crippen LogP contribution in [0, 0.1) is 16.0 Å². The number of aliphatic imine (C=N–C) groups is 1. The molecule has 3 aromatic rings. The average Bonchev–Trinajstić information content (AvgIpc) is 3.33. The molecule has 2 amide bonds. The Labute approximate surface area is 229 Å². The van der Waals surface area contributed by atoms with Crippen LogP contribution in [0.2, 0.25) is 0 Å². The van der Waals surface area contributed by atoms with Gasteiger partial charge in [-0.2, -0.15) is 0 Å². The van der Waals surface area contributed by atoms with Crippen LogP contribution in [0.1, 0.15) is 48.5 Å². The maximum atomic E-state index is 13.1. The molecule has 204 valence electrons. The number of Topliss-reactive ketones (excluding diaryl/α,β-unsaturated/α-hetero) is 1. The topological polar surface area (TPSA) is 131 Å². The van der Waals surface area contributed by atoms with E-state index in [2.05, 4.69) is 10.3 Å². The lowest BCUT2D eigenvalue weighted by Gasteiger charge is -2.38. The predicted octanol–water partition coefficient (Wildman–Crippen LogP) is 5.18.